The Kier molecular flexibility index (Phi) is 5.71. The predicted octanol–water partition coefficient (Wildman–Crippen LogP) is 1.51. The fraction of sp³-hybridized carbons (Fsp3) is 0.444. The van der Waals surface area contributed by atoms with E-state index in [9.17, 15) is 12.8 Å². The Balaban J connectivity index is 1.75. The molecule has 2 heterocycles. The molecule has 0 unspecified atom stereocenters. The van der Waals surface area contributed by atoms with Crippen LogP contribution < -0.4 is 14.5 Å². The van der Waals surface area contributed by atoms with Crippen molar-refractivity contribution >= 4 is 21.7 Å². The van der Waals surface area contributed by atoms with Gasteiger partial charge < -0.3 is 14.5 Å². The van der Waals surface area contributed by atoms with Crippen molar-refractivity contribution in [3.8, 4) is 5.75 Å². The normalized spacial score (nSPS) is 15.5. The van der Waals surface area contributed by atoms with E-state index in [4.69, 9.17) is 4.74 Å². The van der Waals surface area contributed by atoms with Gasteiger partial charge >= 0.3 is 0 Å². The number of benzene rings is 1. The summed E-state index contributed by atoms with van der Waals surface area (Å²) in [6.07, 6.45) is 0. The van der Waals surface area contributed by atoms with E-state index in [1.54, 1.807) is 0 Å². The molecule has 0 saturated carbocycles. The van der Waals surface area contributed by atoms with Crippen molar-refractivity contribution in [3.63, 3.8) is 0 Å². The molecule has 1 aliphatic heterocycles. The minimum atomic E-state index is -3.77. The minimum absolute atomic E-state index is 0.0135. The van der Waals surface area contributed by atoms with Gasteiger partial charge in [0.05, 0.1) is 12.0 Å². The Morgan fingerprint density at radius 3 is 2.36 bits per heavy atom. The van der Waals surface area contributed by atoms with E-state index < -0.39 is 15.8 Å². The molecule has 152 valence electrons. The smallest absolute Gasteiger partial charge is 0.243 e. The van der Waals surface area contributed by atoms with Crippen molar-refractivity contribution in [1.29, 1.82) is 0 Å². The molecule has 8 nitrogen and oxygen atoms in total. The standard InChI is InChI=1S/C18H24FN5O3S/c1-13-20-17(22(2)3)12-18(21-13)23-7-9-24(10-8-23)28(25,26)14-5-6-16(27-4)15(19)11-14/h5-6,11-12H,7-10H2,1-4H3. The molecular formula is C18H24FN5O3S. The Bertz CT molecular complexity index is 960. The zero-order valence-electron chi connectivity index (χ0n) is 16.4. The van der Waals surface area contributed by atoms with E-state index in [1.807, 2.05) is 36.9 Å². The largest absolute Gasteiger partial charge is 0.494 e. The van der Waals surface area contributed by atoms with Crippen LogP contribution in [0.5, 0.6) is 5.75 Å². The Hall–Kier alpha value is -2.46. The molecule has 0 N–H and O–H groups in total. The maximum atomic E-state index is 13.9. The van der Waals surface area contributed by atoms with Crippen LogP contribution in [0.4, 0.5) is 16.0 Å². The van der Waals surface area contributed by atoms with Crippen LogP contribution in [0.1, 0.15) is 5.82 Å². The summed E-state index contributed by atoms with van der Waals surface area (Å²) in [4.78, 5) is 12.7. The molecule has 0 radical (unpaired) electrons. The molecule has 0 atom stereocenters. The molecule has 1 aromatic heterocycles. The second-order valence-electron chi connectivity index (χ2n) is 6.71. The monoisotopic (exact) mass is 409 g/mol. The lowest BCUT2D eigenvalue weighted by Crippen LogP contribution is -2.49. The number of nitrogens with zero attached hydrogens (tertiary/aromatic N) is 5. The first-order chi connectivity index (χ1) is 13.2. The highest BCUT2D eigenvalue weighted by Crippen LogP contribution is 2.25. The van der Waals surface area contributed by atoms with Crippen molar-refractivity contribution in [3.05, 3.63) is 35.9 Å². The third-order valence-electron chi connectivity index (χ3n) is 4.59. The first kappa shape index (κ1) is 20.3. The highest BCUT2D eigenvalue weighted by molar-refractivity contribution is 7.89. The third-order valence-corrected chi connectivity index (χ3v) is 6.49. The van der Waals surface area contributed by atoms with Crippen molar-refractivity contribution in [2.75, 3.05) is 57.2 Å². The Labute approximate surface area is 164 Å². The molecule has 1 saturated heterocycles. The van der Waals surface area contributed by atoms with Crippen LogP contribution in [0, 0.1) is 12.7 Å². The number of piperazine rings is 1. The summed E-state index contributed by atoms with van der Waals surface area (Å²) in [5, 5.41) is 0. The van der Waals surface area contributed by atoms with Gasteiger partial charge in [-0.25, -0.2) is 22.8 Å². The molecule has 0 spiro atoms. The van der Waals surface area contributed by atoms with Crippen LogP contribution in [0.2, 0.25) is 0 Å². The molecule has 28 heavy (non-hydrogen) atoms. The number of sulfonamides is 1. The topological polar surface area (TPSA) is 78.9 Å². The van der Waals surface area contributed by atoms with Gasteiger partial charge in [-0.2, -0.15) is 4.31 Å². The first-order valence-corrected chi connectivity index (χ1v) is 10.3. The summed E-state index contributed by atoms with van der Waals surface area (Å²) in [6, 6.07) is 5.57. The Morgan fingerprint density at radius 1 is 1.11 bits per heavy atom. The highest BCUT2D eigenvalue weighted by Gasteiger charge is 2.30. The minimum Gasteiger partial charge on any atom is -0.494 e. The molecule has 2 aromatic rings. The fourth-order valence-electron chi connectivity index (χ4n) is 3.04. The summed E-state index contributed by atoms with van der Waals surface area (Å²) in [7, 11) is 1.37. The van der Waals surface area contributed by atoms with Crippen molar-refractivity contribution in [2.24, 2.45) is 0 Å². The van der Waals surface area contributed by atoms with Crippen LogP contribution in [-0.4, -0.2) is 70.1 Å². The molecule has 3 rings (SSSR count). The highest BCUT2D eigenvalue weighted by atomic mass is 32.2. The zero-order valence-corrected chi connectivity index (χ0v) is 17.2. The average Bonchev–Trinajstić information content (AvgIpc) is 2.67. The molecule has 1 aliphatic rings. The number of hydrogen-bond donors (Lipinski definition) is 0. The van der Waals surface area contributed by atoms with Crippen molar-refractivity contribution in [2.45, 2.75) is 11.8 Å². The maximum absolute atomic E-state index is 13.9. The molecule has 1 fully saturated rings. The van der Waals surface area contributed by atoms with E-state index in [1.165, 1.54) is 23.5 Å². The maximum Gasteiger partial charge on any atom is 0.243 e. The number of halogens is 1. The van der Waals surface area contributed by atoms with E-state index >= 15 is 0 Å². The number of anilines is 2. The van der Waals surface area contributed by atoms with Gasteiger partial charge in [0.15, 0.2) is 11.6 Å². The summed E-state index contributed by atoms with van der Waals surface area (Å²) in [5.41, 5.74) is 0. The molecular weight excluding hydrogens is 385 g/mol. The quantitative estimate of drug-likeness (QED) is 0.741. The SMILES string of the molecule is COc1ccc(S(=O)(=O)N2CCN(c3cc(N(C)C)nc(C)n3)CC2)cc1F. The molecule has 0 amide bonds. The third kappa shape index (κ3) is 4.02. The number of rotatable bonds is 5. The van der Waals surface area contributed by atoms with Crippen LogP contribution >= 0.6 is 0 Å². The van der Waals surface area contributed by atoms with Gasteiger partial charge in [0, 0.05) is 46.3 Å². The van der Waals surface area contributed by atoms with E-state index in [0.29, 0.717) is 18.9 Å². The van der Waals surface area contributed by atoms with Gasteiger partial charge in [-0.05, 0) is 25.1 Å². The summed E-state index contributed by atoms with van der Waals surface area (Å²) >= 11 is 0. The van der Waals surface area contributed by atoms with Crippen LogP contribution in [-0.2, 0) is 10.0 Å². The van der Waals surface area contributed by atoms with Crippen molar-refractivity contribution in [1.82, 2.24) is 14.3 Å². The predicted molar refractivity (Wildman–Crippen MR) is 105 cm³/mol. The van der Waals surface area contributed by atoms with Crippen molar-refractivity contribution < 1.29 is 17.5 Å². The number of methoxy groups -OCH3 is 1. The second-order valence-corrected chi connectivity index (χ2v) is 8.65. The van der Waals surface area contributed by atoms with Gasteiger partial charge in [0.1, 0.15) is 17.5 Å². The number of hydrogen-bond acceptors (Lipinski definition) is 7. The summed E-state index contributed by atoms with van der Waals surface area (Å²) < 4.78 is 45.9. The van der Waals surface area contributed by atoms with Crippen LogP contribution in [0.3, 0.4) is 0 Å². The molecule has 1 aromatic carbocycles. The average molecular weight is 409 g/mol. The van der Waals surface area contributed by atoms with Crippen LogP contribution in [0.25, 0.3) is 0 Å². The zero-order chi connectivity index (χ0) is 20.5. The fourth-order valence-corrected chi connectivity index (χ4v) is 4.48. The van der Waals surface area contributed by atoms with Gasteiger partial charge in [0.25, 0.3) is 0 Å². The number of ether oxygens (including phenoxy) is 1. The number of aromatic nitrogens is 2. The molecule has 0 aliphatic carbocycles. The summed E-state index contributed by atoms with van der Waals surface area (Å²) in [6.45, 7) is 3.38. The van der Waals surface area contributed by atoms with Crippen LogP contribution in [0.15, 0.2) is 29.2 Å². The van der Waals surface area contributed by atoms with E-state index in [0.717, 1.165) is 17.7 Å². The van der Waals surface area contributed by atoms with Gasteiger partial charge in [0.2, 0.25) is 10.0 Å². The second kappa shape index (κ2) is 7.88. The molecule has 10 heteroatoms. The lowest BCUT2D eigenvalue weighted by atomic mass is 10.3. The number of aryl methyl sites for hydroxylation is 1. The van der Waals surface area contributed by atoms with E-state index in [2.05, 4.69) is 9.97 Å². The van der Waals surface area contributed by atoms with Gasteiger partial charge in [-0.3, -0.25) is 0 Å². The van der Waals surface area contributed by atoms with Gasteiger partial charge in [-0.15, -0.1) is 0 Å². The first-order valence-electron chi connectivity index (χ1n) is 8.84. The lowest BCUT2D eigenvalue weighted by molar-refractivity contribution is 0.379. The Morgan fingerprint density at radius 2 is 1.79 bits per heavy atom. The lowest BCUT2D eigenvalue weighted by Gasteiger charge is -2.35. The van der Waals surface area contributed by atoms with Gasteiger partial charge in [-0.1, -0.05) is 0 Å². The summed E-state index contributed by atoms with van der Waals surface area (Å²) in [5.74, 6) is 1.54. The van der Waals surface area contributed by atoms with E-state index in [-0.39, 0.29) is 23.7 Å². The molecule has 0 bridgehead atoms.